The van der Waals surface area contributed by atoms with Gasteiger partial charge in [-0.25, -0.2) is 4.79 Å². The van der Waals surface area contributed by atoms with Gasteiger partial charge in [0.05, 0.1) is 20.8 Å². The Morgan fingerprint density at radius 1 is 1.00 bits per heavy atom. The summed E-state index contributed by atoms with van der Waals surface area (Å²) in [5, 5.41) is 36.0. The Balaban J connectivity index is 1.75. The van der Waals surface area contributed by atoms with Crippen LogP contribution in [0.5, 0.6) is 0 Å². The third-order valence-corrected chi connectivity index (χ3v) is 6.04. The van der Waals surface area contributed by atoms with Crippen molar-refractivity contribution in [2.45, 2.75) is 44.4 Å². The lowest BCUT2D eigenvalue weighted by Gasteiger charge is -2.27. The molecule has 2 aromatic rings. The van der Waals surface area contributed by atoms with Crippen molar-refractivity contribution in [3.63, 3.8) is 0 Å². The van der Waals surface area contributed by atoms with Gasteiger partial charge in [-0.2, -0.15) is 0 Å². The lowest BCUT2D eigenvalue weighted by molar-refractivity contribution is -0.393. The minimum absolute atomic E-state index is 0.0117. The molecule has 2 atom stereocenters. The van der Waals surface area contributed by atoms with Gasteiger partial charge >= 0.3 is 5.97 Å². The van der Waals surface area contributed by atoms with E-state index in [1.165, 1.54) is 35.2 Å². The van der Waals surface area contributed by atoms with Crippen molar-refractivity contribution >= 4 is 40.5 Å². The Hall–Kier alpha value is -5.15. The van der Waals surface area contributed by atoms with E-state index in [-0.39, 0.29) is 43.8 Å². The highest BCUT2D eigenvalue weighted by molar-refractivity contribution is 5.91. The molecular formula is C23H24N6O10. The first-order valence-corrected chi connectivity index (χ1v) is 11.7. The number of ether oxygens (including phenoxy) is 1. The van der Waals surface area contributed by atoms with E-state index in [4.69, 9.17) is 10.5 Å². The maximum absolute atomic E-state index is 13.2. The molecule has 1 aliphatic heterocycles. The van der Waals surface area contributed by atoms with Gasteiger partial charge in [0.2, 0.25) is 11.8 Å². The average molecular weight is 544 g/mol. The Morgan fingerprint density at radius 2 is 1.64 bits per heavy atom. The van der Waals surface area contributed by atoms with Crippen molar-refractivity contribution in [3.8, 4) is 0 Å². The van der Waals surface area contributed by atoms with Gasteiger partial charge in [0.1, 0.15) is 24.4 Å². The highest BCUT2D eigenvalue weighted by Crippen LogP contribution is 2.36. The summed E-state index contributed by atoms with van der Waals surface area (Å²) in [4.78, 5) is 70.1. The number of non-ortho nitro benzene ring substituents is 2. The molecule has 0 bridgehead atoms. The van der Waals surface area contributed by atoms with E-state index in [0.29, 0.717) is 12.0 Å². The fourth-order valence-corrected chi connectivity index (χ4v) is 4.11. The van der Waals surface area contributed by atoms with Crippen LogP contribution in [0.15, 0.2) is 42.5 Å². The van der Waals surface area contributed by atoms with Gasteiger partial charge < -0.3 is 20.7 Å². The molecule has 0 aromatic heterocycles. The minimum Gasteiger partial charge on any atom is -0.459 e. The van der Waals surface area contributed by atoms with Gasteiger partial charge in [-0.3, -0.25) is 39.9 Å². The zero-order valence-corrected chi connectivity index (χ0v) is 20.4. The quantitative estimate of drug-likeness (QED) is 0.222. The molecule has 1 fully saturated rings. The van der Waals surface area contributed by atoms with Crippen LogP contribution < -0.4 is 16.0 Å². The van der Waals surface area contributed by atoms with Crippen LogP contribution in [0.1, 0.15) is 31.2 Å². The summed E-state index contributed by atoms with van der Waals surface area (Å²) in [5.41, 5.74) is 4.48. The standard InChI is InChI=1S/C23H24N6O10/c24-21(30)10-8-17(23(32)39-13-14-3-5-15(6-4-14)27(33)34)25-22(31)19-2-1-11-26(19)18-9-7-16(28(35)36)12-20(18)29(37)38/h3-7,9,12,17,19H,1-2,8,10-11,13H2,(H2,24,30)(H,25,31)/t17-,19+/m1/s1. The van der Waals surface area contributed by atoms with Crippen LogP contribution in [0.4, 0.5) is 22.7 Å². The third kappa shape index (κ3) is 7.21. The number of rotatable bonds is 12. The van der Waals surface area contributed by atoms with Crippen LogP contribution in [0.3, 0.4) is 0 Å². The summed E-state index contributed by atoms with van der Waals surface area (Å²) < 4.78 is 5.24. The van der Waals surface area contributed by atoms with Crippen molar-refractivity contribution in [2.24, 2.45) is 5.73 Å². The Labute approximate surface area is 220 Å². The lowest BCUT2D eigenvalue weighted by atomic mass is 10.1. The van der Waals surface area contributed by atoms with Crippen LogP contribution in [0.25, 0.3) is 0 Å². The molecule has 0 aliphatic carbocycles. The average Bonchev–Trinajstić information content (AvgIpc) is 3.39. The van der Waals surface area contributed by atoms with Crippen LogP contribution >= 0.6 is 0 Å². The summed E-state index contributed by atoms with van der Waals surface area (Å²) in [7, 11) is 0. The van der Waals surface area contributed by atoms with Crippen molar-refractivity contribution < 1.29 is 33.9 Å². The van der Waals surface area contributed by atoms with E-state index in [1.807, 2.05) is 0 Å². The summed E-state index contributed by atoms with van der Waals surface area (Å²) in [5.74, 6) is -2.27. The van der Waals surface area contributed by atoms with Crippen LogP contribution in [-0.2, 0) is 25.7 Å². The fraction of sp³-hybridized carbons (Fsp3) is 0.348. The lowest BCUT2D eigenvalue weighted by Crippen LogP contribution is -2.50. The van der Waals surface area contributed by atoms with E-state index >= 15 is 0 Å². The van der Waals surface area contributed by atoms with Gasteiger partial charge in [0.25, 0.3) is 17.1 Å². The van der Waals surface area contributed by atoms with Gasteiger partial charge in [-0.05, 0) is 43.0 Å². The highest BCUT2D eigenvalue weighted by atomic mass is 16.6. The predicted octanol–water partition coefficient (Wildman–Crippen LogP) is 1.87. The molecule has 0 unspecified atom stereocenters. The number of benzene rings is 2. The number of nitrogens with two attached hydrogens (primary N) is 1. The number of nitro groups is 3. The molecule has 1 aliphatic rings. The summed E-state index contributed by atoms with van der Waals surface area (Å²) >= 11 is 0. The number of carbonyl (C=O) groups excluding carboxylic acids is 3. The number of nitrogens with zero attached hydrogens (tertiary/aromatic N) is 4. The van der Waals surface area contributed by atoms with E-state index in [9.17, 15) is 44.7 Å². The molecule has 206 valence electrons. The largest absolute Gasteiger partial charge is 0.459 e. The number of hydrogen-bond acceptors (Lipinski definition) is 11. The molecule has 39 heavy (non-hydrogen) atoms. The Bertz CT molecular complexity index is 1300. The first-order valence-electron chi connectivity index (χ1n) is 11.7. The first-order chi connectivity index (χ1) is 18.5. The topological polar surface area (TPSA) is 231 Å². The number of nitrogens with one attached hydrogen (secondary N) is 1. The van der Waals surface area contributed by atoms with Crippen molar-refractivity contribution in [2.75, 3.05) is 11.4 Å². The number of anilines is 1. The zero-order valence-electron chi connectivity index (χ0n) is 20.4. The fourth-order valence-electron chi connectivity index (χ4n) is 4.11. The van der Waals surface area contributed by atoms with Gasteiger partial charge in [0, 0.05) is 31.2 Å². The SMILES string of the molecule is NC(=O)CC[C@@H](NC(=O)[C@@H]1CCCN1c1ccc([N+](=O)[O-])cc1[N+](=O)[O-])C(=O)OCc1ccc([N+](=O)[O-])cc1. The molecule has 2 aromatic carbocycles. The monoisotopic (exact) mass is 544 g/mol. The maximum Gasteiger partial charge on any atom is 0.328 e. The number of carbonyl (C=O) groups is 3. The number of amides is 2. The van der Waals surface area contributed by atoms with Gasteiger partial charge in [0.15, 0.2) is 0 Å². The molecule has 2 amide bonds. The molecule has 1 saturated heterocycles. The second kappa shape index (κ2) is 12.4. The second-order valence-corrected chi connectivity index (χ2v) is 8.64. The van der Waals surface area contributed by atoms with Crippen LogP contribution in [0.2, 0.25) is 0 Å². The van der Waals surface area contributed by atoms with E-state index in [1.54, 1.807) is 0 Å². The van der Waals surface area contributed by atoms with Gasteiger partial charge in [-0.15, -0.1) is 0 Å². The number of esters is 1. The molecule has 3 rings (SSSR count). The molecular weight excluding hydrogens is 520 g/mol. The van der Waals surface area contributed by atoms with Crippen molar-refractivity contribution in [1.82, 2.24) is 5.32 Å². The summed E-state index contributed by atoms with van der Waals surface area (Å²) in [6, 6.07) is 6.16. The molecule has 0 saturated carbocycles. The van der Waals surface area contributed by atoms with E-state index in [2.05, 4.69) is 5.32 Å². The van der Waals surface area contributed by atoms with Crippen molar-refractivity contribution in [3.05, 3.63) is 78.4 Å². The maximum atomic E-state index is 13.2. The van der Waals surface area contributed by atoms with E-state index in [0.717, 1.165) is 12.1 Å². The Kier molecular flexibility index (Phi) is 9.03. The van der Waals surface area contributed by atoms with Crippen LogP contribution in [-0.4, -0.2) is 51.2 Å². The van der Waals surface area contributed by atoms with Crippen LogP contribution in [0, 0.1) is 30.3 Å². The molecule has 16 nitrogen and oxygen atoms in total. The second-order valence-electron chi connectivity index (χ2n) is 8.64. The smallest absolute Gasteiger partial charge is 0.328 e. The molecule has 0 radical (unpaired) electrons. The summed E-state index contributed by atoms with van der Waals surface area (Å²) in [6.45, 7) is -0.0163. The predicted molar refractivity (Wildman–Crippen MR) is 133 cm³/mol. The highest BCUT2D eigenvalue weighted by Gasteiger charge is 2.37. The Morgan fingerprint density at radius 3 is 2.23 bits per heavy atom. The molecule has 16 heteroatoms. The number of hydrogen-bond donors (Lipinski definition) is 2. The van der Waals surface area contributed by atoms with Crippen molar-refractivity contribution in [1.29, 1.82) is 0 Å². The third-order valence-electron chi connectivity index (χ3n) is 6.04. The molecule has 0 spiro atoms. The molecule has 1 heterocycles. The number of nitro benzene ring substituents is 3. The molecule has 3 N–H and O–H groups in total. The minimum atomic E-state index is -1.28. The van der Waals surface area contributed by atoms with Gasteiger partial charge in [-0.1, -0.05) is 0 Å². The normalized spacial score (nSPS) is 15.3. The number of primary amides is 1. The first kappa shape index (κ1) is 28.4. The van der Waals surface area contributed by atoms with E-state index < -0.39 is 56.0 Å². The zero-order chi connectivity index (χ0) is 28.7. The summed E-state index contributed by atoms with van der Waals surface area (Å²) in [6.07, 6.45) is 0.327.